The highest BCUT2D eigenvalue weighted by Crippen LogP contribution is 2.35. The molecule has 4 aromatic rings. The average molecular weight is 276 g/mol. The Hall–Kier alpha value is -2.39. The summed E-state index contributed by atoms with van der Waals surface area (Å²) in [6, 6.07) is 20.9. The normalized spacial score (nSPS) is 11.0. The molecule has 1 N–H and O–H groups in total. The number of thiophene rings is 1. The minimum atomic E-state index is 0.867. The number of aromatic nitrogens is 1. The topological polar surface area (TPSA) is 24.9 Å². The second-order valence-electron chi connectivity index (χ2n) is 4.65. The first-order valence-corrected chi connectivity index (χ1v) is 7.31. The summed E-state index contributed by atoms with van der Waals surface area (Å²) in [4.78, 5) is 4.30. The second-order valence-corrected chi connectivity index (χ2v) is 5.73. The quantitative estimate of drug-likeness (QED) is 0.544. The Morgan fingerprint density at radius 1 is 0.800 bits per heavy atom. The fourth-order valence-electron chi connectivity index (χ4n) is 2.39. The van der Waals surface area contributed by atoms with E-state index in [9.17, 15) is 0 Å². The smallest absolute Gasteiger partial charge is 0.130 e. The van der Waals surface area contributed by atoms with Gasteiger partial charge in [-0.15, -0.1) is 11.3 Å². The lowest BCUT2D eigenvalue weighted by atomic mass is 10.1. The van der Waals surface area contributed by atoms with E-state index in [4.69, 9.17) is 0 Å². The Balaban J connectivity index is 1.83. The SMILES string of the molecule is c1ccc(Nc2ccc3sc4ccccc4c3c2)nc1. The van der Waals surface area contributed by atoms with Gasteiger partial charge >= 0.3 is 0 Å². The Morgan fingerprint density at radius 2 is 1.65 bits per heavy atom. The van der Waals surface area contributed by atoms with Crippen molar-refractivity contribution < 1.29 is 0 Å². The van der Waals surface area contributed by atoms with Gasteiger partial charge in [-0.1, -0.05) is 24.3 Å². The van der Waals surface area contributed by atoms with Crippen LogP contribution in [0.1, 0.15) is 0 Å². The Kier molecular flexibility index (Phi) is 2.64. The first-order chi connectivity index (χ1) is 9.90. The summed E-state index contributed by atoms with van der Waals surface area (Å²) in [5.74, 6) is 0.867. The third kappa shape index (κ3) is 1.92. The highest BCUT2D eigenvalue weighted by Gasteiger charge is 2.05. The number of fused-ring (bicyclic) bond motifs is 3. The van der Waals surface area contributed by atoms with Crippen LogP contribution >= 0.6 is 11.3 Å². The van der Waals surface area contributed by atoms with Crippen LogP contribution in [0.4, 0.5) is 11.5 Å². The van der Waals surface area contributed by atoms with Gasteiger partial charge in [0.2, 0.25) is 0 Å². The molecule has 20 heavy (non-hydrogen) atoms. The molecule has 0 atom stereocenters. The summed E-state index contributed by atoms with van der Waals surface area (Å²) >= 11 is 1.83. The zero-order valence-electron chi connectivity index (χ0n) is 10.7. The molecule has 96 valence electrons. The number of pyridine rings is 1. The van der Waals surface area contributed by atoms with Crippen LogP contribution in [0.2, 0.25) is 0 Å². The maximum absolute atomic E-state index is 4.30. The van der Waals surface area contributed by atoms with Gasteiger partial charge in [0.15, 0.2) is 0 Å². The van der Waals surface area contributed by atoms with Gasteiger partial charge in [0.05, 0.1) is 0 Å². The summed E-state index contributed by atoms with van der Waals surface area (Å²) in [5.41, 5.74) is 1.07. The van der Waals surface area contributed by atoms with Gasteiger partial charge in [-0.3, -0.25) is 0 Å². The van der Waals surface area contributed by atoms with Crippen molar-refractivity contribution in [3.63, 3.8) is 0 Å². The molecule has 4 rings (SSSR count). The first kappa shape index (κ1) is 11.4. The molecule has 0 aliphatic carbocycles. The monoisotopic (exact) mass is 276 g/mol. The molecule has 0 amide bonds. The summed E-state index contributed by atoms with van der Waals surface area (Å²) < 4.78 is 2.65. The maximum atomic E-state index is 4.30. The van der Waals surface area contributed by atoms with Crippen LogP contribution in [-0.2, 0) is 0 Å². The highest BCUT2D eigenvalue weighted by molar-refractivity contribution is 7.25. The van der Waals surface area contributed by atoms with E-state index in [2.05, 4.69) is 52.8 Å². The number of anilines is 2. The average Bonchev–Trinajstić information content (AvgIpc) is 2.86. The molecular formula is C17H12N2S. The van der Waals surface area contributed by atoms with Crippen molar-refractivity contribution in [2.24, 2.45) is 0 Å². The molecule has 0 spiro atoms. The van der Waals surface area contributed by atoms with Crippen molar-refractivity contribution in [3.05, 3.63) is 66.9 Å². The van der Waals surface area contributed by atoms with E-state index in [1.165, 1.54) is 20.2 Å². The predicted molar refractivity (Wildman–Crippen MR) is 86.9 cm³/mol. The van der Waals surface area contributed by atoms with Gasteiger partial charge in [-0.25, -0.2) is 4.98 Å². The van der Waals surface area contributed by atoms with Crippen LogP contribution in [0.5, 0.6) is 0 Å². The van der Waals surface area contributed by atoms with Crippen LogP contribution in [0.15, 0.2) is 66.9 Å². The van der Waals surface area contributed by atoms with Gasteiger partial charge in [0, 0.05) is 32.1 Å². The van der Waals surface area contributed by atoms with Crippen molar-refractivity contribution in [2.75, 3.05) is 5.32 Å². The third-order valence-electron chi connectivity index (χ3n) is 3.31. The fraction of sp³-hybridized carbons (Fsp3) is 0. The lowest BCUT2D eigenvalue weighted by Crippen LogP contribution is -1.91. The largest absolute Gasteiger partial charge is 0.340 e. The standard InChI is InChI=1S/C17H12N2S/c1-2-6-15-13(5-1)14-11-12(8-9-16(14)20-15)19-17-7-3-4-10-18-17/h1-11H,(H,18,19). The minimum Gasteiger partial charge on any atom is -0.340 e. The summed E-state index contributed by atoms with van der Waals surface area (Å²) in [6.45, 7) is 0. The molecule has 2 aromatic heterocycles. The van der Waals surface area contributed by atoms with Gasteiger partial charge in [-0.2, -0.15) is 0 Å². The van der Waals surface area contributed by atoms with Crippen molar-refractivity contribution >= 4 is 43.0 Å². The molecule has 0 aliphatic rings. The summed E-state index contributed by atoms with van der Waals surface area (Å²) in [7, 11) is 0. The summed E-state index contributed by atoms with van der Waals surface area (Å²) in [5, 5.41) is 5.96. The molecule has 3 heteroatoms. The molecule has 2 aromatic carbocycles. The summed E-state index contributed by atoms with van der Waals surface area (Å²) in [6.07, 6.45) is 1.79. The van der Waals surface area contributed by atoms with Gasteiger partial charge in [0.1, 0.15) is 5.82 Å². The van der Waals surface area contributed by atoms with Gasteiger partial charge in [-0.05, 0) is 36.4 Å². The minimum absolute atomic E-state index is 0.867. The van der Waals surface area contributed by atoms with E-state index < -0.39 is 0 Å². The molecule has 2 nitrogen and oxygen atoms in total. The number of rotatable bonds is 2. The van der Waals surface area contributed by atoms with Crippen molar-refractivity contribution in [1.82, 2.24) is 4.98 Å². The predicted octanol–water partition coefficient (Wildman–Crippen LogP) is 5.19. The molecule has 0 unspecified atom stereocenters. The molecule has 0 aliphatic heterocycles. The van der Waals surface area contributed by atoms with E-state index in [1.54, 1.807) is 6.20 Å². The molecule has 0 radical (unpaired) electrons. The van der Waals surface area contributed by atoms with Crippen LogP contribution in [-0.4, -0.2) is 4.98 Å². The van der Waals surface area contributed by atoms with Crippen molar-refractivity contribution in [3.8, 4) is 0 Å². The number of benzene rings is 2. The Labute approximate surface area is 120 Å². The van der Waals surface area contributed by atoms with E-state index in [-0.39, 0.29) is 0 Å². The lowest BCUT2D eigenvalue weighted by Gasteiger charge is -2.05. The number of hydrogen-bond acceptors (Lipinski definition) is 3. The molecule has 2 heterocycles. The molecule has 0 saturated carbocycles. The Morgan fingerprint density at radius 3 is 2.55 bits per heavy atom. The van der Waals surface area contributed by atoms with E-state index >= 15 is 0 Å². The van der Waals surface area contributed by atoms with E-state index in [0.717, 1.165) is 11.5 Å². The number of nitrogens with one attached hydrogen (secondary N) is 1. The zero-order valence-corrected chi connectivity index (χ0v) is 11.5. The molecule has 0 saturated heterocycles. The van der Waals surface area contributed by atoms with Gasteiger partial charge < -0.3 is 5.32 Å². The van der Waals surface area contributed by atoms with Crippen molar-refractivity contribution in [1.29, 1.82) is 0 Å². The van der Waals surface area contributed by atoms with Crippen LogP contribution < -0.4 is 5.32 Å². The van der Waals surface area contributed by atoms with E-state index in [1.807, 2.05) is 29.5 Å². The number of nitrogens with zero attached hydrogens (tertiary/aromatic N) is 1. The molecule has 0 bridgehead atoms. The molecule has 0 fully saturated rings. The van der Waals surface area contributed by atoms with Crippen LogP contribution in [0.25, 0.3) is 20.2 Å². The second kappa shape index (κ2) is 4.62. The maximum Gasteiger partial charge on any atom is 0.130 e. The third-order valence-corrected chi connectivity index (χ3v) is 4.47. The van der Waals surface area contributed by atoms with Crippen molar-refractivity contribution in [2.45, 2.75) is 0 Å². The van der Waals surface area contributed by atoms with Gasteiger partial charge in [0.25, 0.3) is 0 Å². The Bertz CT molecular complexity index is 881. The lowest BCUT2D eigenvalue weighted by molar-refractivity contribution is 1.31. The first-order valence-electron chi connectivity index (χ1n) is 6.49. The van der Waals surface area contributed by atoms with Crippen LogP contribution in [0, 0.1) is 0 Å². The zero-order chi connectivity index (χ0) is 13.4. The number of hydrogen-bond donors (Lipinski definition) is 1. The van der Waals surface area contributed by atoms with E-state index in [0.29, 0.717) is 0 Å². The van der Waals surface area contributed by atoms with Crippen LogP contribution in [0.3, 0.4) is 0 Å². The fourth-order valence-corrected chi connectivity index (χ4v) is 3.47. The highest BCUT2D eigenvalue weighted by atomic mass is 32.1. The molecular weight excluding hydrogens is 264 g/mol.